The van der Waals surface area contributed by atoms with E-state index in [1.54, 1.807) is 32.0 Å². The molecule has 0 saturated carbocycles. The maximum absolute atomic E-state index is 12.4. The molecule has 0 spiro atoms. The van der Waals surface area contributed by atoms with Gasteiger partial charge in [0.15, 0.2) is 0 Å². The highest BCUT2D eigenvalue weighted by Crippen LogP contribution is 2.24. The van der Waals surface area contributed by atoms with Crippen molar-refractivity contribution in [1.29, 1.82) is 0 Å². The molecule has 7 nitrogen and oxygen atoms in total. The number of sulfonamides is 1. The lowest BCUT2D eigenvalue weighted by Crippen LogP contribution is -2.54. The summed E-state index contributed by atoms with van der Waals surface area (Å²) >= 11 is 0. The molecule has 1 aliphatic heterocycles. The van der Waals surface area contributed by atoms with Crippen molar-refractivity contribution in [3.8, 4) is 0 Å². The lowest BCUT2D eigenvalue weighted by atomic mass is 9.90. The third kappa shape index (κ3) is 5.07. The Kier molecular flexibility index (Phi) is 7.03. The third-order valence-corrected chi connectivity index (χ3v) is 5.26. The fraction of sp³-hybridized carbons (Fsp3) is 0.533. The molecule has 0 aliphatic carbocycles. The van der Waals surface area contributed by atoms with Gasteiger partial charge in [-0.3, -0.25) is 9.52 Å². The van der Waals surface area contributed by atoms with Crippen LogP contribution in [0, 0.1) is 6.92 Å². The zero-order valence-electron chi connectivity index (χ0n) is 13.8. The van der Waals surface area contributed by atoms with Crippen LogP contribution in [0.25, 0.3) is 0 Å². The summed E-state index contributed by atoms with van der Waals surface area (Å²) in [6.07, 6.45) is 0.957. The van der Waals surface area contributed by atoms with Crippen LogP contribution in [0.4, 0.5) is 11.4 Å². The Morgan fingerprint density at radius 1 is 1.33 bits per heavy atom. The number of carbonyl (C=O) groups excluding carboxylic acids is 1. The predicted octanol–water partition coefficient (Wildman–Crippen LogP) is 1.62. The first-order valence-corrected chi connectivity index (χ1v) is 9.20. The number of ether oxygens (including phenoxy) is 1. The Labute approximate surface area is 148 Å². The number of nitrogens with two attached hydrogens (primary N) is 1. The van der Waals surface area contributed by atoms with E-state index in [9.17, 15) is 13.2 Å². The Bertz CT molecular complexity index is 688. The minimum atomic E-state index is -3.33. The lowest BCUT2D eigenvalue weighted by Gasteiger charge is -2.31. The number of hydrogen-bond acceptors (Lipinski definition) is 5. The molecular formula is C15H24ClN3O4S. The summed E-state index contributed by atoms with van der Waals surface area (Å²) in [5.41, 5.74) is 7.02. The molecule has 9 heteroatoms. The molecule has 136 valence electrons. The number of benzene rings is 1. The second-order valence-corrected chi connectivity index (χ2v) is 7.77. The van der Waals surface area contributed by atoms with E-state index < -0.39 is 15.6 Å². The van der Waals surface area contributed by atoms with Crippen molar-refractivity contribution in [1.82, 2.24) is 0 Å². The highest BCUT2D eigenvalue weighted by atomic mass is 35.5. The van der Waals surface area contributed by atoms with E-state index in [4.69, 9.17) is 10.5 Å². The van der Waals surface area contributed by atoms with Gasteiger partial charge in [0.2, 0.25) is 15.9 Å². The Morgan fingerprint density at radius 2 is 1.96 bits per heavy atom. The van der Waals surface area contributed by atoms with Crippen LogP contribution in [0.1, 0.15) is 25.3 Å². The van der Waals surface area contributed by atoms with E-state index in [1.165, 1.54) is 0 Å². The van der Waals surface area contributed by atoms with Gasteiger partial charge in [0.1, 0.15) is 5.54 Å². The summed E-state index contributed by atoms with van der Waals surface area (Å²) in [5.74, 6) is -0.245. The Morgan fingerprint density at radius 3 is 2.50 bits per heavy atom. The number of carbonyl (C=O) groups is 1. The SMILES string of the molecule is CCS(=O)(=O)Nc1ccc(NC(=O)C2(N)CCOCC2)cc1C.Cl. The van der Waals surface area contributed by atoms with Crippen LogP contribution >= 0.6 is 12.4 Å². The largest absolute Gasteiger partial charge is 0.381 e. The van der Waals surface area contributed by atoms with E-state index in [2.05, 4.69) is 10.0 Å². The highest BCUT2D eigenvalue weighted by Gasteiger charge is 2.35. The zero-order chi connectivity index (χ0) is 17.1. The van der Waals surface area contributed by atoms with Gasteiger partial charge in [-0.1, -0.05) is 0 Å². The van der Waals surface area contributed by atoms with Gasteiger partial charge in [-0.25, -0.2) is 8.42 Å². The molecule has 1 fully saturated rings. The molecule has 0 aromatic heterocycles. The number of aryl methyl sites for hydroxylation is 1. The number of rotatable bonds is 5. The van der Waals surface area contributed by atoms with Gasteiger partial charge < -0.3 is 15.8 Å². The summed E-state index contributed by atoms with van der Waals surface area (Å²) in [6.45, 7) is 4.29. The monoisotopic (exact) mass is 377 g/mol. The van der Waals surface area contributed by atoms with Crippen LogP contribution in [0.2, 0.25) is 0 Å². The minimum Gasteiger partial charge on any atom is -0.381 e. The van der Waals surface area contributed by atoms with E-state index in [-0.39, 0.29) is 24.1 Å². The van der Waals surface area contributed by atoms with Crippen LogP contribution in [-0.2, 0) is 19.6 Å². The average Bonchev–Trinajstić information content (AvgIpc) is 2.50. The molecule has 1 amide bonds. The van der Waals surface area contributed by atoms with Crippen LogP contribution in [-0.4, -0.2) is 38.8 Å². The van der Waals surface area contributed by atoms with Crippen molar-refractivity contribution in [2.75, 3.05) is 29.0 Å². The van der Waals surface area contributed by atoms with Crippen molar-refractivity contribution >= 4 is 39.7 Å². The number of anilines is 2. The normalized spacial score (nSPS) is 16.8. The molecule has 0 unspecified atom stereocenters. The van der Waals surface area contributed by atoms with Gasteiger partial charge >= 0.3 is 0 Å². The fourth-order valence-corrected chi connectivity index (χ4v) is 3.02. The Balaban J connectivity index is 0.00000288. The molecule has 2 rings (SSSR count). The standard InChI is InChI=1S/C15H23N3O4S.ClH/c1-3-23(20,21)18-13-5-4-12(10-11(13)2)17-14(19)15(16)6-8-22-9-7-15;/h4-5,10,18H,3,6-9,16H2,1-2H3,(H,17,19);1H. The number of nitrogens with one attached hydrogen (secondary N) is 2. The van der Waals surface area contributed by atoms with Crippen molar-refractivity contribution in [2.45, 2.75) is 32.2 Å². The summed E-state index contributed by atoms with van der Waals surface area (Å²) in [7, 11) is -3.33. The molecular weight excluding hydrogens is 354 g/mol. The Hall–Kier alpha value is -1.35. The minimum absolute atomic E-state index is 0. The van der Waals surface area contributed by atoms with Gasteiger partial charge in [0, 0.05) is 18.9 Å². The molecule has 0 radical (unpaired) electrons. The maximum atomic E-state index is 12.4. The summed E-state index contributed by atoms with van der Waals surface area (Å²) in [6, 6.07) is 5.00. The van der Waals surface area contributed by atoms with Crippen molar-refractivity contribution < 1.29 is 17.9 Å². The van der Waals surface area contributed by atoms with E-state index in [1.807, 2.05) is 0 Å². The second kappa shape index (κ2) is 8.15. The predicted molar refractivity (Wildman–Crippen MR) is 97.1 cm³/mol. The number of halogens is 1. The fourth-order valence-electron chi connectivity index (χ4n) is 2.31. The van der Waals surface area contributed by atoms with Gasteiger partial charge in [0.25, 0.3) is 0 Å². The van der Waals surface area contributed by atoms with Crippen molar-refractivity contribution in [2.24, 2.45) is 5.73 Å². The first kappa shape index (κ1) is 20.7. The average molecular weight is 378 g/mol. The molecule has 1 heterocycles. The summed E-state index contributed by atoms with van der Waals surface area (Å²) in [5, 5.41) is 2.80. The third-order valence-electron chi connectivity index (χ3n) is 3.97. The van der Waals surface area contributed by atoms with Gasteiger partial charge in [-0.2, -0.15) is 0 Å². The molecule has 1 aromatic carbocycles. The van der Waals surface area contributed by atoms with Gasteiger partial charge in [0.05, 0.1) is 11.4 Å². The van der Waals surface area contributed by atoms with Crippen molar-refractivity contribution in [3.05, 3.63) is 23.8 Å². The first-order valence-electron chi connectivity index (χ1n) is 7.55. The molecule has 1 aromatic rings. The number of hydrogen-bond donors (Lipinski definition) is 3. The van der Waals surface area contributed by atoms with E-state index >= 15 is 0 Å². The molecule has 24 heavy (non-hydrogen) atoms. The first-order chi connectivity index (χ1) is 10.8. The molecule has 0 atom stereocenters. The topological polar surface area (TPSA) is 111 Å². The van der Waals surface area contributed by atoms with Crippen LogP contribution < -0.4 is 15.8 Å². The highest BCUT2D eigenvalue weighted by molar-refractivity contribution is 7.92. The summed E-state index contributed by atoms with van der Waals surface area (Å²) in [4.78, 5) is 12.4. The van der Waals surface area contributed by atoms with Crippen LogP contribution in [0.5, 0.6) is 0 Å². The lowest BCUT2D eigenvalue weighted by molar-refractivity contribution is -0.124. The van der Waals surface area contributed by atoms with Gasteiger partial charge in [-0.05, 0) is 50.5 Å². The van der Waals surface area contributed by atoms with Gasteiger partial charge in [-0.15, -0.1) is 12.4 Å². The van der Waals surface area contributed by atoms with E-state index in [0.29, 0.717) is 37.4 Å². The molecule has 1 aliphatic rings. The molecule has 0 bridgehead atoms. The molecule has 1 saturated heterocycles. The summed E-state index contributed by atoms with van der Waals surface area (Å²) < 4.78 is 31.0. The van der Waals surface area contributed by atoms with Crippen molar-refractivity contribution in [3.63, 3.8) is 0 Å². The molecule has 4 N–H and O–H groups in total. The zero-order valence-corrected chi connectivity index (χ0v) is 15.4. The van der Waals surface area contributed by atoms with Crippen LogP contribution in [0.15, 0.2) is 18.2 Å². The maximum Gasteiger partial charge on any atom is 0.244 e. The van der Waals surface area contributed by atoms with E-state index in [0.717, 1.165) is 5.56 Å². The smallest absolute Gasteiger partial charge is 0.244 e. The quantitative estimate of drug-likeness (QED) is 0.722. The second-order valence-electron chi connectivity index (χ2n) is 5.76. The number of amides is 1. The van der Waals surface area contributed by atoms with Crippen LogP contribution in [0.3, 0.4) is 0 Å².